The lowest BCUT2D eigenvalue weighted by Crippen LogP contribution is -2.24. The molecule has 0 amide bonds. The Bertz CT molecular complexity index is 1990. The van der Waals surface area contributed by atoms with Crippen molar-refractivity contribution in [1.29, 1.82) is 5.26 Å². The highest BCUT2D eigenvalue weighted by molar-refractivity contribution is 7.92. The number of hydrogen-bond donors (Lipinski definition) is 1. The van der Waals surface area contributed by atoms with Gasteiger partial charge < -0.3 is 19.8 Å². The van der Waals surface area contributed by atoms with E-state index in [1.54, 1.807) is 6.08 Å². The van der Waals surface area contributed by atoms with Crippen molar-refractivity contribution in [2.45, 2.75) is 37.0 Å². The predicted octanol–water partition coefficient (Wildman–Crippen LogP) is 10.4. The van der Waals surface area contributed by atoms with Gasteiger partial charge >= 0.3 is 17.7 Å². The zero-order valence-electron chi connectivity index (χ0n) is 26.5. The first-order valence-electron chi connectivity index (χ1n) is 14.5. The summed E-state index contributed by atoms with van der Waals surface area (Å²) in [6.07, 6.45) is -3.08. The summed E-state index contributed by atoms with van der Waals surface area (Å²) in [5.74, 6) is 0.104. The number of nitrogen functional groups attached to an aromatic ring is 1. The zero-order valence-corrected chi connectivity index (χ0v) is 30.4. The molecule has 1 heterocycles. The molecule has 0 spiro atoms. The first-order valence-corrected chi connectivity index (χ1v) is 17.2. The minimum atomic E-state index is -5.25. The quantitative estimate of drug-likeness (QED) is 0.106. The van der Waals surface area contributed by atoms with Gasteiger partial charge in [-0.25, -0.2) is 4.68 Å². The van der Waals surface area contributed by atoms with Gasteiger partial charge in [0.1, 0.15) is 45.5 Å². The molecule has 0 radical (unpaired) electrons. The molecule has 3 unspecified atom stereocenters. The number of allylic oxidation sites excluding steroid dienone is 1. The van der Waals surface area contributed by atoms with Gasteiger partial charge in [-0.3, -0.25) is 4.79 Å². The number of nitrogens with zero attached hydrogens (tertiary/aromatic N) is 3. The Hall–Kier alpha value is -3.78. The fourth-order valence-electron chi connectivity index (χ4n) is 5.03. The molecule has 0 bridgehead atoms. The van der Waals surface area contributed by atoms with Gasteiger partial charge in [0.25, 0.3) is 0 Å². The maximum Gasteiger partial charge on any atom is 0.578 e. The monoisotopic (exact) mass is 826 g/mol. The summed E-state index contributed by atoms with van der Waals surface area (Å²) < 4.78 is 99.8. The maximum atomic E-state index is 12.7. The second kappa shape index (κ2) is 16.1. The van der Waals surface area contributed by atoms with Crippen LogP contribution < -0.4 is 10.5 Å². The largest absolute Gasteiger partial charge is 0.604 e. The fourth-order valence-corrected chi connectivity index (χ4v) is 6.72. The number of nitriles is 1. The second-order valence-electron chi connectivity index (χ2n) is 11.5. The Morgan fingerprint density at radius 1 is 1.04 bits per heavy atom. The summed E-state index contributed by atoms with van der Waals surface area (Å²) >= 11 is 19.2. The van der Waals surface area contributed by atoms with Crippen LogP contribution in [0.15, 0.2) is 82.2 Å². The smallest absolute Gasteiger partial charge is 0.578 e. The number of benzene rings is 3. The first-order chi connectivity index (χ1) is 24.2. The highest BCUT2D eigenvalue weighted by atomic mass is 35.5. The van der Waals surface area contributed by atoms with Crippen LogP contribution in [-0.4, -0.2) is 25.8 Å². The van der Waals surface area contributed by atoms with Crippen LogP contribution in [0.3, 0.4) is 0 Å². The van der Waals surface area contributed by atoms with E-state index in [1.165, 1.54) is 6.07 Å². The first kappa shape index (κ1) is 41.0. The normalized spacial score (nSPS) is 16.8. The molecule has 3 aromatic carbocycles. The standard InChI is InChI=1S/C21H20Cl2O3.C12H4Cl2F6N4OS/c1-21(2)17(12-18(22)23)19(21)20(24)25-13-14-7-6-10-16(11-14)26-15-8-4-3-5-9-15;13-5-1-4(11(15,16)17)2-6(14)8(5)24-10(22)9(7(3-21)23-24)26(25)12(18,19)20/h3-12,17,19H,13H2,1-2H3;1-2H,22H2. The number of nitrogens with two attached hydrogens (primary N) is 1. The number of aromatic nitrogens is 2. The third kappa shape index (κ3) is 9.60. The Morgan fingerprint density at radius 2 is 1.63 bits per heavy atom. The van der Waals surface area contributed by atoms with E-state index in [0.29, 0.717) is 22.6 Å². The number of hydrogen-bond acceptors (Lipinski definition) is 7. The van der Waals surface area contributed by atoms with Gasteiger partial charge in [0.15, 0.2) is 5.82 Å². The molecular weight excluding hydrogens is 804 g/mol. The Labute approximate surface area is 315 Å². The molecule has 1 aliphatic rings. The van der Waals surface area contributed by atoms with Crippen molar-refractivity contribution in [2.75, 3.05) is 5.73 Å². The number of anilines is 1. The number of para-hydroxylation sites is 1. The third-order valence-corrected chi connectivity index (χ3v) is 9.68. The SMILES string of the molecule is CC1(C)C(C=C(Cl)Cl)C1C(=O)OCc1cccc(Oc2ccccc2)c1.N#Cc1nn(-c2c(Cl)cc(C(F)(F)F)cc2Cl)c(N)c1[S+]([O-])C(F)(F)F. The maximum absolute atomic E-state index is 12.7. The summed E-state index contributed by atoms with van der Waals surface area (Å²) in [6.45, 7) is 4.21. The van der Waals surface area contributed by atoms with Crippen molar-refractivity contribution >= 4 is 69.4 Å². The molecule has 52 heavy (non-hydrogen) atoms. The minimum Gasteiger partial charge on any atom is -0.604 e. The van der Waals surface area contributed by atoms with Gasteiger partial charge in [0, 0.05) is 0 Å². The van der Waals surface area contributed by atoms with Gasteiger partial charge in [-0.05, 0) is 59.4 Å². The van der Waals surface area contributed by atoms with Crippen LogP contribution in [-0.2, 0) is 33.5 Å². The molecular formula is C33H24Cl4F6N4O4S. The van der Waals surface area contributed by atoms with Crippen LogP contribution >= 0.6 is 46.4 Å². The zero-order chi connectivity index (χ0) is 38.8. The molecule has 3 atom stereocenters. The summed E-state index contributed by atoms with van der Waals surface area (Å²) in [6, 6.07) is 19.2. The lowest BCUT2D eigenvalue weighted by Gasteiger charge is -2.14. The Balaban J connectivity index is 0.000000233. The summed E-state index contributed by atoms with van der Waals surface area (Å²) in [4.78, 5) is 11.2. The minimum absolute atomic E-state index is 0.00717. The average molecular weight is 828 g/mol. The fraction of sp³-hybridized carbons (Fsp3) is 0.242. The van der Waals surface area contributed by atoms with E-state index in [-0.39, 0.29) is 34.3 Å². The molecule has 276 valence electrons. The summed E-state index contributed by atoms with van der Waals surface area (Å²) in [5.41, 5.74) is -1.74. The average Bonchev–Trinajstić information content (AvgIpc) is 3.42. The molecule has 19 heteroatoms. The van der Waals surface area contributed by atoms with Crippen molar-refractivity contribution in [1.82, 2.24) is 9.78 Å². The van der Waals surface area contributed by atoms with Crippen LogP contribution in [0.2, 0.25) is 10.0 Å². The Morgan fingerprint density at radius 3 is 2.17 bits per heavy atom. The highest BCUT2D eigenvalue weighted by Crippen LogP contribution is 2.60. The van der Waals surface area contributed by atoms with E-state index in [2.05, 4.69) is 5.10 Å². The third-order valence-electron chi connectivity index (χ3n) is 7.66. The van der Waals surface area contributed by atoms with Crippen molar-refractivity contribution in [2.24, 2.45) is 17.3 Å². The topological polar surface area (TPSA) is 126 Å². The molecule has 2 N–H and O–H groups in total. The van der Waals surface area contributed by atoms with Gasteiger partial charge in [0.05, 0.1) is 21.5 Å². The van der Waals surface area contributed by atoms with Gasteiger partial charge in [-0.15, -0.1) is 18.3 Å². The highest BCUT2D eigenvalue weighted by Gasteiger charge is 2.61. The summed E-state index contributed by atoms with van der Waals surface area (Å²) in [7, 11) is 0. The van der Waals surface area contributed by atoms with Gasteiger partial charge in [0.2, 0.25) is 10.6 Å². The predicted molar refractivity (Wildman–Crippen MR) is 183 cm³/mol. The van der Waals surface area contributed by atoms with Crippen molar-refractivity contribution in [3.63, 3.8) is 0 Å². The van der Waals surface area contributed by atoms with Crippen LogP contribution in [0.25, 0.3) is 5.69 Å². The Kier molecular flexibility index (Phi) is 12.7. The molecule has 0 saturated heterocycles. The van der Waals surface area contributed by atoms with Crippen molar-refractivity contribution in [3.05, 3.63) is 104 Å². The number of ether oxygens (including phenoxy) is 2. The van der Waals surface area contributed by atoms with E-state index >= 15 is 0 Å². The van der Waals surface area contributed by atoms with E-state index in [9.17, 15) is 35.7 Å². The van der Waals surface area contributed by atoms with E-state index in [4.69, 9.17) is 66.9 Å². The van der Waals surface area contributed by atoms with Crippen LogP contribution in [0.5, 0.6) is 11.5 Å². The van der Waals surface area contributed by atoms with E-state index in [1.807, 2.05) is 68.4 Å². The molecule has 1 aromatic heterocycles. The van der Waals surface area contributed by atoms with Crippen LogP contribution in [0.1, 0.15) is 30.7 Å². The molecule has 5 rings (SSSR count). The molecule has 1 saturated carbocycles. The number of esters is 1. The van der Waals surface area contributed by atoms with Gasteiger partial charge in [-0.1, -0.05) is 90.6 Å². The lowest BCUT2D eigenvalue weighted by molar-refractivity contribution is -0.147. The molecule has 4 aromatic rings. The van der Waals surface area contributed by atoms with E-state index < -0.39 is 60.6 Å². The molecule has 1 aliphatic carbocycles. The molecule has 0 aliphatic heterocycles. The van der Waals surface area contributed by atoms with E-state index in [0.717, 1.165) is 11.3 Å². The number of carbonyl (C=O) groups excluding carboxylic acids is 1. The number of halogens is 10. The molecule has 8 nitrogen and oxygen atoms in total. The molecule has 1 fully saturated rings. The van der Waals surface area contributed by atoms with Crippen LogP contribution in [0, 0.1) is 28.6 Å². The summed E-state index contributed by atoms with van der Waals surface area (Å²) in [5, 5.41) is 11.1. The lowest BCUT2D eigenvalue weighted by atomic mass is 10.1. The van der Waals surface area contributed by atoms with Crippen molar-refractivity contribution < 1.29 is 45.2 Å². The van der Waals surface area contributed by atoms with Crippen LogP contribution in [0.4, 0.5) is 32.2 Å². The second-order valence-corrected chi connectivity index (χ2v) is 14.8. The van der Waals surface area contributed by atoms with Crippen molar-refractivity contribution in [3.8, 4) is 23.3 Å². The number of carbonyl (C=O) groups is 1. The number of alkyl halides is 6. The number of rotatable bonds is 8. The van der Waals surface area contributed by atoms with Gasteiger partial charge in [-0.2, -0.15) is 18.4 Å².